The van der Waals surface area contributed by atoms with Gasteiger partial charge in [0.15, 0.2) is 0 Å². The van der Waals surface area contributed by atoms with E-state index in [2.05, 4.69) is 4.90 Å². The molecular formula is C5H8NNaS2. The van der Waals surface area contributed by atoms with Crippen LogP contribution in [0.15, 0.2) is 0 Å². The normalized spacial score (nSPS) is 17.1. The van der Waals surface area contributed by atoms with E-state index in [4.69, 9.17) is 24.8 Å². The molecule has 46 valence electrons. The standard InChI is InChI=1S/C5H9NS2.Na/c7-5(8)6-3-1-2-4-6;/h1-4H2,(H,7,8);/q;+1/p-1. The largest absolute Gasteiger partial charge is 1.00 e. The van der Waals surface area contributed by atoms with Gasteiger partial charge in [-0.25, -0.2) is 0 Å². The van der Waals surface area contributed by atoms with E-state index in [1.165, 1.54) is 12.8 Å². The Bertz CT molecular complexity index is 101. The van der Waals surface area contributed by atoms with E-state index in [0.717, 1.165) is 13.1 Å². The first kappa shape index (κ1) is 10.1. The van der Waals surface area contributed by atoms with Crippen molar-refractivity contribution in [3.8, 4) is 0 Å². The van der Waals surface area contributed by atoms with E-state index in [-0.39, 0.29) is 29.6 Å². The van der Waals surface area contributed by atoms with Gasteiger partial charge in [-0.15, -0.1) is 0 Å². The van der Waals surface area contributed by atoms with Crippen LogP contribution in [0.2, 0.25) is 0 Å². The van der Waals surface area contributed by atoms with Gasteiger partial charge in [0, 0.05) is 13.1 Å². The molecule has 1 aliphatic rings. The molecule has 0 amide bonds. The van der Waals surface area contributed by atoms with E-state index in [1.54, 1.807) is 0 Å². The number of likely N-dealkylation sites (tertiary alicyclic amines) is 1. The van der Waals surface area contributed by atoms with Gasteiger partial charge in [-0.2, -0.15) is 0 Å². The summed E-state index contributed by atoms with van der Waals surface area (Å²) in [5.74, 6) is 0. The molecule has 0 aromatic rings. The molecule has 0 spiro atoms. The monoisotopic (exact) mass is 169 g/mol. The summed E-state index contributed by atoms with van der Waals surface area (Å²) in [5, 5.41) is 0. The number of nitrogens with zero attached hydrogens (tertiary/aromatic N) is 1. The zero-order valence-electron chi connectivity index (χ0n) is 5.59. The van der Waals surface area contributed by atoms with Crippen molar-refractivity contribution in [2.45, 2.75) is 12.8 Å². The maximum absolute atomic E-state index is 4.80. The van der Waals surface area contributed by atoms with Crippen LogP contribution in [0.4, 0.5) is 0 Å². The number of rotatable bonds is 0. The molecule has 4 heteroatoms. The quantitative estimate of drug-likeness (QED) is 0.233. The van der Waals surface area contributed by atoms with Gasteiger partial charge in [-0.1, -0.05) is 4.32 Å². The molecule has 1 saturated heterocycles. The number of thiocarbonyl (C=S) groups is 1. The fourth-order valence-corrected chi connectivity index (χ4v) is 1.26. The molecule has 0 aromatic heterocycles. The van der Waals surface area contributed by atoms with Crippen molar-refractivity contribution in [3.63, 3.8) is 0 Å². The van der Waals surface area contributed by atoms with Crippen LogP contribution in [-0.4, -0.2) is 22.3 Å². The van der Waals surface area contributed by atoms with E-state index >= 15 is 0 Å². The first-order chi connectivity index (χ1) is 3.80. The topological polar surface area (TPSA) is 3.24 Å². The molecule has 1 fully saturated rings. The zero-order chi connectivity index (χ0) is 5.98. The Hall–Kier alpha value is 1.11. The third-order valence-corrected chi connectivity index (χ3v) is 1.88. The smallest absolute Gasteiger partial charge is 0.411 e. The van der Waals surface area contributed by atoms with Crippen molar-refractivity contribution in [1.29, 1.82) is 0 Å². The summed E-state index contributed by atoms with van der Waals surface area (Å²) in [6.07, 6.45) is 2.52. The first-order valence-corrected chi connectivity index (χ1v) is 3.58. The van der Waals surface area contributed by atoms with Gasteiger partial charge >= 0.3 is 29.6 Å². The van der Waals surface area contributed by atoms with Crippen molar-refractivity contribution < 1.29 is 29.6 Å². The van der Waals surface area contributed by atoms with Crippen molar-refractivity contribution in [3.05, 3.63) is 0 Å². The summed E-state index contributed by atoms with van der Waals surface area (Å²) in [6.45, 7) is 2.17. The molecule has 0 aromatic carbocycles. The van der Waals surface area contributed by atoms with Crippen LogP contribution in [0, 0.1) is 0 Å². The molecule has 1 heterocycles. The van der Waals surface area contributed by atoms with Crippen LogP contribution in [-0.2, 0) is 12.6 Å². The summed E-state index contributed by atoms with van der Waals surface area (Å²) in [4.78, 5) is 2.07. The summed E-state index contributed by atoms with van der Waals surface area (Å²) < 4.78 is 0.641. The number of hydrogen-bond acceptors (Lipinski definition) is 2. The van der Waals surface area contributed by atoms with Gasteiger partial charge in [0.25, 0.3) is 0 Å². The molecule has 0 bridgehead atoms. The van der Waals surface area contributed by atoms with E-state index in [0.29, 0.717) is 4.32 Å². The van der Waals surface area contributed by atoms with Crippen LogP contribution in [0.5, 0.6) is 0 Å². The van der Waals surface area contributed by atoms with Crippen LogP contribution >= 0.6 is 12.2 Å². The molecule has 0 N–H and O–H groups in total. The van der Waals surface area contributed by atoms with E-state index in [1.807, 2.05) is 0 Å². The molecule has 1 nitrogen and oxygen atoms in total. The fourth-order valence-electron chi connectivity index (χ4n) is 0.900. The van der Waals surface area contributed by atoms with Crippen molar-refractivity contribution in [1.82, 2.24) is 4.90 Å². The van der Waals surface area contributed by atoms with Crippen molar-refractivity contribution in [2.75, 3.05) is 13.1 Å². The molecule has 9 heavy (non-hydrogen) atoms. The Morgan fingerprint density at radius 3 is 2.00 bits per heavy atom. The second-order valence-electron chi connectivity index (χ2n) is 1.96. The summed E-state index contributed by atoms with van der Waals surface area (Å²) >= 11 is 9.59. The maximum Gasteiger partial charge on any atom is 1.00 e. The summed E-state index contributed by atoms with van der Waals surface area (Å²) in [7, 11) is 0. The van der Waals surface area contributed by atoms with Gasteiger partial charge in [0.1, 0.15) is 0 Å². The predicted octanol–water partition coefficient (Wildman–Crippen LogP) is -2.08. The van der Waals surface area contributed by atoms with E-state index < -0.39 is 0 Å². The van der Waals surface area contributed by atoms with Gasteiger partial charge in [0.2, 0.25) is 0 Å². The van der Waals surface area contributed by atoms with Gasteiger partial charge in [0.05, 0.1) is 0 Å². The Morgan fingerprint density at radius 1 is 1.33 bits per heavy atom. The van der Waals surface area contributed by atoms with E-state index in [9.17, 15) is 0 Å². The number of hydrogen-bond donors (Lipinski definition) is 0. The Morgan fingerprint density at radius 2 is 1.78 bits per heavy atom. The van der Waals surface area contributed by atoms with Crippen LogP contribution in [0.3, 0.4) is 0 Å². The average molecular weight is 169 g/mol. The Labute approximate surface area is 88.9 Å². The Balaban J connectivity index is 0.000000640. The second kappa shape index (κ2) is 4.85. The van der Waals surface area contributed by atoms with Gasteiger partial charge < -0.3 is 29.7 Å². The molecule has 0 saturated carbocycles. The first-order valence-electron chi connectivity index (χ1n) is 2.76. The molecule has 1 rings (SSSR count). The molecule has 0 aliphatic carbocycles. The molecule has 0 radical (unpaired) electrons. The Kier molecular flexibility index (Phi) is 5.45. The third kappa shape index (κ3) is 3.14. The van der Waals surface area contributed by atoms with Crippen LogP contribution in [0.25, 0.3) is 0 Å². The van der Waals surface area contributed by atoms with Gasteiger partial charge in [-0.05, 0) is 12.8 Å². The molecular weight excluding hydrogens is 161 g/mol. The average Bonchev–Trinajstić information content (AvgIpc) is 2.12. The summed E-state index contributed by atoms with van der Waals surface area (Å²) in [5.41, 5.74) is 0. The maximum atomic E-state index is 4.80. The second-order valence-corrected chi connectivity index (χ2v) is 2.99. The molecule has 0 atom stereocenters. The van der Waals surface area contributed by atoms with Crippen LogP contribution < -0.4 is 29.6 Å². The predicted molar refractivity (Wildman–Crippen MR) is 40.8 cm³/mol. The minimum Gasteiger partial charge on any atom is -0.411 e. The SMILES string of the molecule is S=C([S-])N1CCCC1.[Na+]. The van der Waals surface area contributed by atoms with Crippen LogP contribution in [0.1, 0.15) is 12.8 Å². The zero-order valence-corrected chi connectivity index (χ0v) is 9.23. The van der Waals surface area contributed by atoms with Gasteiger partial charge in [-0.3, -0.25) is 0 Å². The molecule has 0 unspecified atom stereocenters. The fraction of sp³-hybridized carbons (Fsp3) is 0.800. The van der Waals surface area contributed by atoms with Crippen molar-refractivity contribution >= 4 is 29.2 Å². The minimum absolute atomic E-state index is 0. The third-order valence-electron chi connectivity index (χ3n) is 1.36. The minimum atomic E-state index is 0. The summed E-state index contributed by atoms with van der Waals surface area (Å²) in [6, 6.07) is 0. The van der Waals surface area contributed by atoms with Crippen molar-refractivity contribution in [2.24, 2.45) is 0 Å². The molecule has 1 aliphatic heterocycles.